The lowest BCUT2D eigenvalue weighted by atomic mass is 10.1. The highest BCUT2D eigenvalue weighted by Gasteiger charge is 2.12. The second-order valence-corrected chi connectivity index (χ2v) is 5.32. The van der Waals surface area contributed by atoms with E-state index in [2.05, 4.69) is 20.9 Å². The van der Waals surface area contributed by atoms with E-state index in [0.717, 1.165) is 27.7 Å². The van der Waals surface area contributed by atoms with Gasteiger partial charge in [0, 0.05) is 16.2 Å². The molecule has 3 rings (SSSR count). The molecule has 0 aliphatic carbocycles. The van der Waals surface area contributed by atoms with Gasteiger partial charge in [-0.3, -0.25) is 9.20 Å². The Morgan fingerprint density at radius 1 is 1.21 bits per heavy atom. The first-order valence-electron chi connectivity index (χ1n) is 5.89. The summed E-state index contributed by atoms with van der Waals surface area (Å²) in [6.45, 7) is 2.04. The molecule has 3 nitrogen and oxygen atoms in total. The van der Waals surface area contributed by atoms with Gasteiger partial charge in [0.05, 0.1) is 5.52 Å². The van der Waals surface area contributed by atoms with E-state index in [0.29, 0.717) is 5.69 Å². The molecule has 0 radical (unpaired) electrons. The number of aromatic nitrogens is 2. The molecule has 0 spiro atoms. The molecule has 0 bridgehead atoms. The number of aldehydes is 1. The molecule has 0 amide bonds. The predicted molar refractivity (Wildman–Crippen MR) is 78.5 cm³/mol. The van der Waals surface area contributed by atoms with Gasteiger partial charge in [0.1, 0.15) is 11.5 Å². The number of hydrogen-bond acceptors (Lipinski definition) is 2. The number of aryl methyl sites for hydroxylation is 1. The van der Waals surface area contributed by atoms with Gasteiger partial charge in [-0.05, 0) is 19.1 Å². The first-order valence-corrected chi connectivity index (χ1v) is 6.68. The van der Waals surface area contributed by atoms with Crippen LogP contribution in [-0.2, 0) is 0 Å². The molecule has 0 aliphatic heterocycles. The normalized spacial score (nSPS) is 10.8. The van der Waals surface area contributed by atoms with Crippen LogP contribution >= 0.6 is 15.9 Å². The van der Waals surface area contributed by atoms with E-state index in [1.807, 2.05) is 53.9 Å². The first kappa shape index (κ1) is 12.1. The van der Waals surface area contributed by atoms with Crippen LogP contribution in [0.2, 0.25) is 0 Å². The summed E-state index contributed by atoms with van der Waals surface area (Å²) in [6, 6.07) is 11.9. The Kier molecular flexibility index (Phi) is 2.95. The molecule has 19 heavy (non-hydrogen) atoms. The second kappa shape index (κ2) is 4.63. The minimum absolute atomic E-state index is 0.455. The maximum atomic E-state index is 11.1. The fraction of sp³-hybridized carbons (Fsp3) is 0.0667. The van der Waals surface area contributed by atoms with Gasteiger partial charge < -0.3 is 0 Å². The van der Waals surface area contributed by atoms with Crippen LogP contribution in [0.15, 0.2) is 47.1 Å². The van der Waals surface area contributed by atoms with E-state index >= 15 is 0 Å². The number of hydrogen-bond donors (Lipinski definition) is 0. The largest absolute Gasteiger partial charge is 0.299 e. The summed E-state index contributed by atoms with van der Waals surface area (Å²) in [5.74, 6) is 0.782. The summed E-state index contributed by atoms with van der Waals surface area (Å²) >= 11 is 3.41. The maximum absolute atomic E-state index is 11.1. The minimum atomic E-state index is 0.455. The summed E-state index contributed by atoms with van der Waals surface area (Å²) in [5, 5.41) is 0. The average Bonchev–Trinajstić information content (AvgIpc) is 2.77. The molecule has 2 heterocycles. The number of halogens is 1. The van der Waals surface area contributed by atoms with Crippen molar-refractivity contribution in [1.82, 2.24) is 9.38 Å². The van der Waals surface area contributed by atoms with Crippen molar-refractivity contribution in [3.8, 4) is 11.4 Å². The van der Waals surface area contributed by atoms with E-state index in [4.69, 9.17) is 0 Å². The third-order valence-corrected chi connectivity index (χ3v) is 3.55. The van der Waals surface area contributed by atoms with Crippen molar-refractivity contribution in [2.75, 3.05) is 0 Å². The summed E-state index contributed by atoms with van der Waals surface area (Å²) in [5.41, 5.74) is 3.45. The van der Waals surface area contributed by atoms with Gasteiger partial charge in [-0.15, -0.1) is 0 Å². The van der Waals surface area contributed by atoms with Gasteiger partial charge in [-0.2, -0.15) is 0 Å². The Bertz CT molecular complexity index is 760. The molecule has 0 unspecified atom stereocenters. The number of pyridine rings is 1. The van der Waals surface area contributed by atoms with Crippen molar-refractivity contribution in [1.29, 1.82) is 0 Å². The molecule has 0 atom stereocenters. The Morgan fingerprint density at radius 2 is 1.95 bits per heavy atom. The molecule has 0 saturated carbocycles. The zero-order valence-electron chi connectivity index (χ0n) is 10.3. The molecule has 0 aliphatic rings. The lowest BCUT2D eigenvalue weighted by molar-refractivity contribution is 0.112. The molecule has 0 fully saturated rings. The number of fused-ring (bicyclic) bond motifs is 1. The number of carbonyl (C=O) groups is 1. The summed E-state index contributed by atoms with van der Waals surface area (Å²) in [6.07, 6.45) is 2.70. The van der Waals surface area contributed by atoms with Crippen molar-refractivity contribution in [3.05, 3.63) is 58.3 Å². The Hall–Kier alpha value is -1.94. The molecular weight excluding hydrogens is 304 g/mol. The molecule has 0 N–H and O–H groups in total. The van der Waals surface area contributed by atoms with Gasteiger partial charge in [-0.25, -0.2) is 4.98 Å². The monoisotopic (exact) mass is 314 g/mol. The Labute approximate surface area is 119 Å². The van der Waals surface area contributed by atoms with Crippen molar-refractivity contribution in [2.24, 2.45) is 0 Å². The zero-order chi connectivity index (χ0) is 13.4. The van der Waals surface area contributed by atoms with E-state index in [1.165, 1.54) is 5.56 Å². The van der Waals surface area contributed by atoms with E-state index in [-0.39, 0.29) is 0 Å². The number of carbonyl (C=O) groups excluding carboxylic acids is 1. The Balaban J connectivity index is 2.29. The lowest BCUT2D eigenvalue weighted by Crippen LogP contribution is -1.88. The van der Waals surface area contributed by atoms with Gasteiger partial charge in [0.25, 0.3) is 0 Å². The highest BCUT2D eigenvalue weighted by atomic mass is 79.9. The fourth-order valence-corrected chi connectivity index (χ4v) is 2.41. The van der Waals surface area contributed by atoms with Crippen LogP contribution in [0, 0.1) is 6.92 Å². The third kappa shape index (κ3) is 2.08. The van der Waals surface area contributed by atoms with Crippen LogP contribution in [0.25, 0.3) is 16.9 Å². The van der Waals surface area contributed by atoms with Crippen molar-refractivity contribution in [3.63, 3.8) is 0 Å². The van der Waals surface area contributed by atoms with Crippen molar-refractivity contribution >= 4 is 27.7 Å². The van der Waals surface area contributed by atoms with Crippen LogP contribution in [0.3, 0.4) is 0 Å². The maximum Gasteiger partial charge on any atom is 0.170 e. The van der Waals surface area contributed by atoms with Crippen molar-refractivity contribution < 1.29 is 4.79 Å². The van der Waals surface area contributed by atoms with Gasteiger partial charge in [-0.1, -0.05) is 45.8 Å². The standard InChI is InChI=1S/C15H11BrN2O/c1-10-2-4-11(5-3-10)15-17-13(9-19)14-8-12(16)6-7-18(14)15/h2-9H,1H3. The molecule has 4 heteroatoms. The third-order valence-electron chi connectivity index (χ3n) is 3.06. The zero-order valence-corrected chi connectivity index (χ0v) is 11.9. The Morgan fingerprint density at radius 3 is 2.63 bits per heavy atom. The lowest BCUT2D eigenvalue weighted by Gasteiger charge is -2.02. The number of benzene rings is 1. The highest BCUT2D eigenvalue weighted by molar-refractivity contribution is 9.10. The predicted octanol–water partition coefficient (Wildman–Crippen LogP) is 3.88. The first-order chi connectivity index (χ1) is 9.19. The summed E-state index contributed by atoms with van der Waals surface area (Å²) < 4.78 is 2.86. The molecule has 94 valence electrons. The quantitative estimate of drug-likeness (QED) is 0.673. The second-order valence-electron chi connectivity index (χ2n) is 4.40. The topological polar surface area (TPSA) is 34.4 Å². The van der Waals surface area contributed by atoms with Crippen molar-refractivity contribution in [2.45, 2.75) is 6.92 Å². The molecule has 0 saturated heterocycles. The number of imidazole rings is 1. The summed E-state index contributed by atoms with van der Waals surface area (Å²) in [7, 11) is 0. The minimum Gasteiger partial charge on any atom is -0.299 e. The van der Waals surface area contributed by atoms with Crippen LogP contribution in [0.4, 0.5) is 0 Å². The van der Waals surface area contributed by atoms with Crippen LogP contribution in [0.1, 0.15) is 16.1 Å². The van der Waals surface area contributed by atoms with Crippen LogP contribution in [0.5, 0.6) is 0 Å². The van der Waals surface area contributed by atoms with E-state index < -0.39 is 0 Å². The fourth-order valence-electron chi connectivity index (χ4n) is 2.07. The molecular formula is C15H11BrN2O. The summed E-state index contributed by atoms with van der Waals surface area (Å²) in [4.78, 5) is 15.6. The van der Waals surface area contributed by atoms with Crippen LogP contribution < -0.4 is 0 Å². The smallest absolute Gasteiger partial charge is 0.170 e. The highest BCUT2D eigenvalue weighted by Crippen LogP contribution is 2.24. The molecule has 2 aromatic heterocycles. The average molecular weight is 315 g/mol. The van der Waals surface area contributed by atoms with E-state index in [1.54, 1.807) is 0 Å². The van der Waals surface area contributed by atoms with Gasteiger partial charge in [0.2, 0.25) is 0 Å². The van der Waals surface area contributed by atoms with E-state index in [9.17, 15) is 4.79 Å². The van der Waals surface area contributed by atoms with Gasteiger partial charge in [0.15, 0.2) is 6.29 Å². The van der Waals surface area contributed by atoms with Gasteiger partial charge >= 0.3 is 0 Å². The molecule has 1 aromatic carbocycles. The SMILES string of the molecule is Cc1ccc(-c2nc(C=O)c3cc(Br)ccn23)cc1. The van der Waals surface area contributed by atoms with Crippen LogP contribution in [-0.4, -0.2) is 15.7 Å². The number of rotatable bonds is 2. The number of nitrogens with zero attached hydrogens (tertiary/aromatic N) is 2. The molecule has 3 aromatic rings.